The highest BCUT2D eigenvalue weighted by atomic mass is 15.2. The number of likely N-dealkylation sites (N-methyl/N-ethyl adjacent to an activating group) is 1. The van der Waals surface area contributed by atoms with Gasteiger partial charge in [-0.1, -0.05) is 0 Å². The van der Waals surface area contributed by atoms with Crippen LogP contribution in [0.2, 0.25) is 0 Å². The first-order chi connectivity index (χ1) is 5.62. The number of hydrogen-bond acceptors (Lipinski definition) is 2. The molecule has 1 saturated carbocycles. The van der Waals surface area contributed by atoms with Crippen LogP contribution >= 0.6 is 0 Å². The van der Waals surface area contributed by atoms with Crippen molar-refractivity contribution in [3.05, 3.63) is 0 Å². The van der Waals surface area contributed by atoms with E-state index in [-0.39, 0.29) is 0 Å². The van der Waals surface area contributed by atoms with Crippen LogP contribution in [0, 0.1) is 5.92 Å². The lowest BCUT2D eigenvalue weighted by molar-refractivity contribution is 0.108. The van der Waals surface area contributed by atoms with E-state index < -0.39 is 0 Å². The molecule has 1 N–H and O–H groups in total. The van der Waals surface area contributed by atoms with Gasteiger partial charge >= 0.3 is 0 Å². The summed E-state index contributed by atoms with van der Waals surface area (Å²) in [4.78, 5) is 2.48. The Labute approximate surface area is 75.3 Å². The molecule has 1 aliphatic carbocycles. The van der Waals surface area contributed by atoms with Crippen molar-refractivity contribution < 1.29 is 0 Å². The maximum absolute atomic E-state index is 3.70. The third-order valence-corrected chi connectivity index (χ3v) is 3.61. The first kappa shape index (κ1) is 8.52. The first-order valence-corrected chi connectivity index (χ1v) is 5.07. The highest BCUT2D eigenvalue weighted by Crippen LogP contribution is 2.40. The van der Waals surface area contributed by atoms with Crippen LogP contribution < -0.4 is 5.32 Å². The molecule has 0 aromatic carbocycles. The molecule has 1 heterocycles. The molecule has 2 heteroatoms. The summed E-state index contributed by atoms with van der Waals surface area (Å²) in [5.41, 5.74) is 0.418. The monoisotopic (exact) mass is 168 g/mol. The fourth-order valence-electron chi connectivity index (χ4n) is 2.26. The van der Waals surface area contributed by atoms with Crippen LogP contribution in [0.5, 0.6) is 0 Å². The van der Waals surface area contributed by atoms with E-state index in [1.807, 2.05) is 0 Å². The van der Waals surface area contributed by atoms with Crippen molar-refractivity contribution in [1.82, 2.24) is 10.2 Å². The van der Waals surface area contributed by atoms with Gasteiger partial charge in [-0.05, 0) is 39.7 Å². The zero-order chi connectivity index (χ0) is 8.77. The molecule has 0 radical (unpaired) electrons. The summed E-state index contributed by atoms with van der Waals surface area (Å²) in [6.45, 7) is 7.05. The van der Waals surface area contributed by atoms with Crippen LogP contribution in [-0.4, -0.2) is 36.6 Å². The molecule has 70 valence electrons. The average Bonchev–Trinajstić information content (AvgIpc) is 2.79. The Morgan fingerprint density at radius 2 is 2.08 bits per heavy atom. The number of nitrogens with one attached hydrogen (secondary N) is 1. The van der Waals surface area contributed by atoms with Gasteiger partial charge < -0.3 is 10.2 Å². The molecule has 2 unspecified atom stereocenters. The molecule has 1 saturated heterocycles. The van der Waals surface area contributed by atoms with Gasteiger partial charge in [0.25, 0.3) is 0 Å². The maximum Gasteiger partial charge on any atom is 0.0309 e. The molecule has 0 spiro atoms. The van der Waals surface area contributed by atoms with Crippen molar-refractivity contribution in [3.8, 4) is 0 Å². The molecule has 2 fully saturated rings. The Balaban J connectivity index is 2.00. The van der Waals surface area contributed by atoms with Gasteiger partial charge in [0, 0.05) is 24.7 Å². The number of piperazine rings is 1. The third kappa shape index (κ3) is 1.38. The third-order valence-electron chi connectivity index (χ3n) is 3.61. The average molecular weight is 168 g/mol. The summed E-state index contributed by atoms with van der Waals surface area (Å²) in [5, 5.41) is 3.70. The van der Waals surface area contributed by atoms with Crippen LogP contribution in [0.3, 0.4) is 0 Å². The van der Waals surface area contributed by atoms with E-state index in [2.05, 4.69) is 31.1 Å². The van der Waals surface area contributed by atoms with Crippen molar-refractivity contribution in [2.24, 2.45) is 5.92 Å². The van der Waals surface area contributed by atoms with E-state index in [1.54, 1.807) is 0 Å². The highest BCUT2D eigenvalue weighted by molar-refractivity contribution is 5.02. The Morgan fingerprint density at radius 1 is 1.42 bits per heavy atom. The predicted molar refractivity (Wildman–Crippen MR) is 51.2 cm³/mol. The number of hydrogen-bond donors (Lipinski definition) is 1. The molecule has 2 aliphatic rings. The minimum Gasteiger partial charge on any atom is -0.308 e. The molecule has 0 bridgehead atoms. The predicted octanol–water partition coefficient (Wildman–Crippen LogP) is 1.08. The van der Waals surface area contributed by atoms with Gasteiger partial charge in [0.05, 0.1) is 0 Å². The van der Waals surface area contributed by atoms with Crippen molar-refractivity contribution in [2.45, 2.75) is 38.3 Å². The van der Waals surface area contributed by atoms with Gasteiger partial charge in [-0.3, -0.25) is 0 Å². The SMILES string of the molecule is CC1CNC(C)(C2CC2)CN1C. The van der Waals surface area contributed by atoms with E-state index in [4.69, 9.17) is 0 Å². The van der Waals surface area contributed by atoms with Crippen LogP contribution in [0.1, 0.15) is 26.7 Å². The van der Waals surface area contributed by atoms with Gasteiger partial charge in [-0.25, -0.2) is 0 Å². The quantitative estimate of drug-likeness (QED) is 0.630. The highest BCUT2D eigenvalue weighted by Gasteiger charge is 2.44. The van der Waals surface area contributed by atoms with E-state index in [9.17, 15) is 0 Å². The van der Waals surface area contributed by atoms with E-state index >= 15 is 0 Å². The Hall–Kier alpha value is -0.0800. The van der Waals surface area contributed by atoms with Crippen molar-refractivity contribution >= 4 is 0 Å². The number of nitrogens with zero attached hydrogens (tertiary/aromatic N) is 1. The Morgan fingerprint density at radius 3 is 2.58 bits per heavy atom. The summed E-state index contributed by atoms with van der Waals surface area (Å²) in [6, 6.07) is 0.705. The zero-order valence-electron chi connectivity index (χ0n) is 8.43. The lowest BCUT2D eigenvalue weighted by atomic mass is 9.92. The summed E-state index contributed by atoms with van der Waals surface area (Å²) < 4.78 is 0. The molecule has 1 aliphatic heterocycles. The standard InChI is InChI=1S/C10H20N2/c1-8-6-11-10(2,7-12(8)3)9-4-5-9/h8-9,11H,4-7H2,1-3H3. The second kappa shape index (κ2) is 2.71. The zero-order valence-corrected chi connectivity index (χ0v) is 8.43. The number of rotatable bonds is 1. The summed E-state index contributed by atoms with van der Waals surface area (Å²) in [6.07, 6.45) is 2.87. The van der Waals surface area contributed by atoms with Gasteiger partial charge in [-0.15, -0.1) is 0 Å². The van der Waals surface area contributed by atoms with Gasteiger partial charge in [0.15, 0.2) is 0 Å². The first-order valence-electron chi connectivity index (χ1n) is 5.07. The van der Waals surface area contributed by atoms with Crippen molar-refractivity contribution in [1.29, 1.82) is 0 Å². The molecule has 0 aromatic heterocycles. The lowest BCUT2D eigenvalue weighted by Gasteiger charge is -2.44. The van der Waals surface area contributed by atoms with E-state index in [1.165, 1.54) is 19.4 Å². The minimum atomic E-state index is 0.418. The summed E-state index contributed by atoms with van der Waals surface area (Å²) in [5.74, 6) is 0.951. The second-order valence-electron chi connectivity index (χ2n) is 4.84. The van der Waals surface area contributed by atoms with Crippen LogP contribution in [0.15, 0.2) is 0 Å². The minimum absolute atomic E-state index is 0.418. The van der Waals surface area contributed by atoms with Crippen LogP contribution in [0.4, 0.5) is 0 Å². The molecule has 0 amide bonds. The van der Waals surface area contributed by atoms with E-state index in [0.717, 1.165) is 12.5 Å². The van der Waals surface area contributed by atoms with Crippen LogP contribution in [0.25, 0.3) is 0 Å². The molecule has 2 nitrogen and oxygen atoms in total. The van der Waals surface area contributed by atoms with Gasteiger partial charge in [-0.2, -0.15) is 0 Å². The molecular weight excluding hydrogens is 148 g/mol. The van der Waals surface area contributed by atoms with Crippen molar-refractivity contribution in [2.75, 3.05) is 20.1 Å². The smallest absolute Gasteiger partial charge is 0.0309 e. The Bertz CT molecular complexity index is 177. The van der Waals surface area contributed by atoms with Gasteiger partial charge in [0.1, 0.15) is 0 Å². The second-order valence-corrected chi connectivity index (χ2v) is 4.84. The summed E-state index contributed by atoms with van der Waals surface area (Å²) in [7, 11) is 2.24. The fraction of sp³-hybridized carbons (Fsp3) is 1.00. The molecule has 12 heavy (non-hydrogen) atoms. The largest absolute Gasteiger partial charge is 0.308 e. The molecule has 0 aromatic rings. The lowest BCUT2D eigenvalue weighted by Crippen LogP contribution is -2.62. The van der Waals surface area contributed by atoms with Crippen molar-refractivity contribution in [3.63, 3.8) is 0 Å². The van der Waals surface area contributed by atoms with Crippen LogP contribution in [-0.2, 0) is 0 Å². The molecule has 2 rings (SSSR count). The Kier molecular flexibility index (Phi) is 1.92. The van der Waals surface area contributed by atoms with E-state index in [0.29, 0.717) is 11.6 Å². The molecular formula is C10H20N2. The normalized spacial score (nSPS) is 44.8. The maximum atomic E-state index is 3.70. The van der Waals surface area contributed by atoms with Gasteiger partial charge in [0.2, 0.25) is 0 Å². The summed E-state index contributed by atoms with van der Waals surface area (Å²) >= 11 is 0. The fourth-order valence-corrected chi connectivity index (χ4v) is 2.26. The topological polar surface area (TPSA) is 15.3 Å². The molecule has 2 atom stereocenters.